The van der Waals surface area contributed by atoms with Gasteiger partial charge in [0.15, 0.2) is 5.69 Å². The Morgan fingerprint density at radius 2 is 1.93 bits per heavy atom. The molecule has 0 spiro atoms. The van der Waals surface area contributed by atoms with Crippen molar-refractivity contribution in [2.75, 3.05) is 6.26 Å². The maximum atomic E-state index is 13.7. The summed E-state index contributed by atoms with van der Waals surface area (Å²) in [7, 11) is 0. The Kier molecular flexibility index (Phi) is 4.74. The average Bonchev–Trinajstić information content (AvgIpc) is 3.01. The molecule has 0 unspecified atom stereocenters. The molecule has 0 aliphatic heterocycles. The third-order valence-corrected chi connectivity index (χ3v) is 5.57. The van der Waals surface area contributed by atoms with Crippen LogP contribution in [0.15, 0.2) is 59.8 Å². The van der Waals surface area contributed by atoms with Crippen molar-refractivity contribution in [1.29, 1.82) is 0 Å². The number of rotatable bonds is 4. The van der Waals surface area contributed by atoms with Gasteiger partial charge in [-0.25, -0.2) is 9.78 Å². The molecule has 2 aromatic heterocycles. The van der Waals surface area contributed by atoms with E-state index in [-0.39, 0.29) is 17.7 Å². The summed E-state index contributed by atoms with van der Waals surface area (Å²) in [6.45, 7) is 0. The Labute approximate surface area is 168 Å². The van der Waals surface area contributed by atoms with E-state index < -0.39 is 17.7 Å². The molecule has 0 aliphatic rings. The van der Waals surface area contributed by atoms with Crippen LogP contribution in [-0.4, -0.2) is 26.7 Å². The van der Waals surface area contributed by atoms with Gasteiger partial charge in [-0.15, -0.1) is 11.8 Å². The number of fused-ring (bicyclic) bond motifs is 3. The molecule has 2 heterocycles. The quantitative estimate of drug-likeness (QED) is 0.445. The zero-order chi connectivity index (χ0) is 20.8. The number of thioether (sulfide) groups is 1. The van der Waals surface area contributed by atoms with E-state index in [1.807, 2.05) is 6.07 Å². The second kappa shape index (κ2) is 7.11. The van der Waals surface area contributed by atoms with Crippen molar-refractivity contribution in [3.8, 4) is 0 Å². The van der Waals surface area contributed by atoms with Gasteiger partial charge in [0.1, 0.15) is 0 Å². The number of nitrogens with zero attached hydrogens (tertiary/aromatic N) is 2. The van der Waals surface area contributed by atoms with Crippen LogP contribution in [0.1, 0.15) is 27.2 Å². The largest absolute Gasteiger partial charge is 0.476 e. The third kappa shape index (κ3) is 3.44. The molecule has 4 nitrogen and oxygen atoms in total. The highest BCUT2D eigenvalue weighted by Gasteiger charge is 2.34. The number of para-hydroxylation sites is 1. The van der Waals surface area contributed by atoms with E-state index in [0.29, 0.717) is 16.0 Å². The van der Waals surface area contributed by atoms with Crippen LogP contribution in [0.4, 0.5) is 13.2 Å². The predicted molar refractivity (Wildman–Crippen MR) is 106 cm³/mol. The van der Waals surface area contributed by atoms with Gasteiger partial charge in [-0.2, -0.15) is 13.2 Å². The first-order valence-corrected chi connectivity index (χ1v) is 9.87. The van der Waals surface area contributed by atoms with E-state index in [0.717, 1.165) is 10.9 Å². The van der Waals surface area contributed by atoms with Crippen LogP contribution in [0, 0.1) is 0 Å². The van der Waals surface area contributed by atoms with Gasteiger partial charge in [0, 0.05) is 22.9 Å². The molecular weight excluding hydrogens is 401 g/mol. The molecule has 8 heteroatoms. The van der Waals surface area contributed by atoms with E-state index in [2.05, 4.69) is 4.98 Å². The first-order chi connectivity index (χ1) is 13.8. The molecule has 0 radical (unpaired) electrons. The number of halogens is 3. The van der Waals surface area contributed by atoms with Gasteiger partial charge in [-0.1, -0.05) is 24.3 Å². The molecule has 0 amide bonds. The number of benzene rings is 2. The number of carboxylic acids is 1. The van der Waals surface area contributed by atoms with Crippen LogP contribution >= 0.6 is 11.8 Å². The molecular formula is C21H15F3N2O2S. The Morgan fingerprint density at radius 1 is 1.17 bits per heavy atom. The zero-order valence-corrected chi connectivity index (χ0v) is 16.0. The fraction of sp³-hybridized carbons (Fsp3) is 0.143. The van der Waals surface area contributed by atoms with Crippen LogP contribution in [-0.2, 0) is 12.6 Å². The number of aromatic carboxylic acids is 1. The molecule has 0 bridgehead atoms. The monoisotopic (exact) mass is 416 g/mol. The first-order valence-electron chi connectivity index (χ1n) is 8.64. The normalized spacial score (nSPS) is 12.0. The molecule has 0 fully saturated rings. The number of hydrogen-bond donors (Lipinski definition) is 1. The van der Waals surface area contributed by atoms with E-state index in [4.69, 9.17) is 0 Å². The van der Waals surface area contributed by atoms with Gasteiger partial charge >= 0.3 is 12.1 Å². The number of aromatic nitrogens is 2. The van der Waals surface area contributed by atoms with Crippen LogP contribution < -0.4 is 0 Å². The van der Waals surface area contributed by atoms with Crippen molar-refractivity contribution in [3.63, 3.8) is 0 Å². The summed E-state index contributed by atoms with van der Waals surface area (Å²) in [6.07, 6.45) is 0.110. The van der Waals surface area contributed by atoms with Crippen molar-refractivity contribution < 1.29 is 23.1 Å². The van der Waals surface area contributed by atoms with E-state index in [1.54, 1.807) is 34.9 Å². The van der Waals surface area contributed by atoms with Gasteiger partial charge < -0.3 is 9.51 Å². The van der Waals surface area contributed by atoms with Crippen LogP contribution in [0.3, 0.4) is 0 Å². The van der Waals surface area contributed by atoms with Gasteiger partial charge in [0.05, 0.1) is 22.8 Å². The SMILES string of the molecule is CSc1ccc(Cc2c3ccccc3n3cc(C(=O)O)ncc23)c(C(F)(F)F)c1. The highest BCUT2D eigenvalue weighted by molar-refractivity contribution is 7.98. The van der Waals surface area contributed by atoms with Crippen molar-refractivity contribution >= 4 is 34.2 Å². The molecule has 0 saturated carbocycles. The van der Waals surface area contributed by atoms with Gasteiger partial charge in [0.25, 0.3) is 0 Å². The lowest BCUT2D eigenvalue weighted by atomic mass is 9.98. The smallest absolute Gasteiger partial charge is 0.416 e. The highest BCUT2D eigenvalue weighted by atomic mass is 32.2. The fourth-order valence-corrected chi connectivity index (χ4v) is 3.94. The summed E-state index contributed by atoms with van der Waals surface area (Å²) in [5.74, 6) is -1.17. The fourth-order valence-electron chi connectivity index (χ4n) is 3.50. The second-order valence-electron chi connectivity index (χ2n) is 6.53. The Morgan fingerprint density at radius 3 is 2.62 bits per heavy atom. The van der Waals surface area contributed by atoms with E-state index in [1.165, 1.54) is 36.3 Å². The molecule has 0 atom stereocenters. The molecule has 2 aromatic carbocycles. The molecule has 4 aromatic rings. The number of hydrogen-bond acceptors (Lipinski definition) is 3. The summed E-state index contributed by atoms with van der Waals surface area (Å²) < 4.78 is 42.7. The lowest BCUT2D eigenvalue weighted by Gasteiger charge is -2.14. The minimum Gasteiger partial charge on any atom is -0.476 e. The maximum Gasteiger partial charge on any atom is 0.416 e. The van der Waals surface area contributed by atoms with Crippen molar-refractivity contribution in [2.24, 2.45) is 0 Å². The standard InChI is InChI=1S/C21H15F3N2O2S/c1-29-13-7-6-12(16(9-13)21(22,23)24)8-15-14-4-2-3-5-18(14)26-11-17(20(27)28)25-10-19(15)26/h2-7,9-11H,8H2,1H3,(H,27,28). The maximum absolute atomic E-state index is 13.7. The van der Waals surface area contributed by atoms with Crippen LogP contribution in [0.25, 0.3) is 16.4 Å². The Hall–Kier alpha value is -3.00. The van der Waals surface area contributed by atoms with Crippen molar-refractivity contribution in [2.45, 2.75) is 17.5 Å². The molecule has 4 rings (SSSR count). The second-order valence-corrected chi connectivity index (χ2v) is 7.41. The van der Waals surface area contributed by atoms with E-state index >= 15 is 0 Å². The summed E-state index contributed by atoms with van der Waals surface area (Å²) in [5.41, 5.74) is 1.34. The van der Waals surface area contributed by atoms with Crippen molar-refractivity contribution in [3.05, 3.63) is 77.2 Å². The summed E-state index contributed by atoms with van der Waals surface area (Å²) >= 11 is 1.26. The predicted octanol–water partition coefficient (Wildman–Crippen LogP) is 5.52. The lowest BCUT2D eigenvalue weighted by Crippen LogP contribution is -2.10. The lowest BCUT2D eigenvalue weighted by molar-refractivity contribution is -0.138. The third-order valence-electron chi connectivity index (χ3n) is 4.84. The number of carbonyl (C=O) groups is 1. The highest BCUT2D eigenvalue weighted by Crippen LogP contribution is 2.37. The van der Waals surface area contributed by atoms with Crippen LogP contribution in [0.2, 0.25) is 0 Å². The minimum atomic E-state index is -4.47. The summed E-state index contributed by atoms with van der Waals surface area (Å²) in [4.78, 5) is 15.8. The Bertz CT molecular complexity index is 1250. The summed E-state index contributed by atoms with van der Waals surface area (Å²) in [6, 6.07) is 11.6. The molecule has 1 N–H and O–H groups in total. The molecule has 0 aliphatic carbocycles. The summed E-state index contributed by atoms with van der Waals surface area (Å²) in [5, 5.41) is 9.99. The Balaban J connectivity index is 1.94. The molecule has 0 saturated heterocycles. The number of carboxylic acid groups (broad SMARTS) is 1. The van der Waals surface area contributed by atoms with Gasteiger partial charge in [-0.3, -0.25) is 0 Å². The molecule has 148 valence electrons. The number of alkyl halides is 3. The molecule has 29 heavy (non-hydrogen) atoms. The van der Waals surface area contributed by atoms with Gasteiger partial charge in [-0.05, 0) is 35.6 Å². The zero-order valence-electron chi connectivity index (χ0n) is 15.2. The minimum absolute atomic E-state index is 0.0502. The topological polar surface area (TPSA) is 54.6 Å². The van der Waals surface area contributed by atoms with E-state index in [9.17, 15) is 23.1 Å². The van der Waals surface area contributed by atoms with Gasteiger partial charge in [0.2, 0.25) is 0 Å². The van der Waals surface area contributed by atoms with Crippen LogP contribution in [0.5, 0.6) is 0 Å². The average molecular weight is 416 g/mol. The van der Waals surface area contributed by atoms with Crippen molar-refractivity contribution in [1.82, 2.24) is 9.38 Å². The first kappa shape index (κ1) is 19.3.